The molecule has 0 unspecified atom stereocenters. The predicted molar refractivity (Wildman–Crippen MR) is 73.8 cm³/mol. The van der Waals surface area contributed by atoms with Crippen molar-refractivity contribution in [1.29, 1.82) is 0 Å². The molecule has 0 fully saturated rings. The second kappa shape index (κ2) is 4.97. The van der Waals surface area contributed by atoms with Crippen molar-refractivity contribution in [2.45, 2.75) is 6.92 Å². The van der Waals surface area contributed by atoms with Crippen molar-refractivity contribution in [1.82, 2.24) is 0 Å². The fourth-order valence-electron chi connectivity index (χ4n) is 1.84. The van der Waals surface area contributed by atoms with E-state index in [-0.39, 0.29) is 5.82 Å². The quantitative estimate of drug-likeness (QED) is 0.741. The number of hydrogen-bond donors (Lipinski definition) is 3. The Labute approximate surface area is 110 Å². The molecule has 5 N–H and O–H groups in total. The zero-order valence-electron chi connectivity index (χ0n) is 10.4. The largest absolute Gasteiger partial charge is 0.399 e. The van der Waals surface area contributed by atoms with E-state index in [4.69, 9.17) is 11.5 Å². The van der Waals surface area contributed by atoms with Crippen LogP contribution < -0.4 is 16.8 Å². The number of nitrogen functional groups attached to an aromatic ring is 1. The van der Waals surface area contributed by atoms with Gasteiger partial charge in [0.25, 0.3) is 5.91 Å². The molecule has 0 radical (unpaired) electrons. The first-order valence-electron chi connectivity index (χ1n) is 5.69. The van der Waals surface area contributed by atoms with Crippen LogP contribution in [-0.2, 0) is 0 Å². The molecular formula is C14H14FN3O. The summed E-state index contributed by atoms with van der Waals surface area (Å²) in [6, 6.07) is 9.21. The van der Waals surface area contributed by atoms with Crippen molar-refractivity contribution in [2.24, 2.45) is 5.73 Å². The average Bonchev–Trinajstić information content (AvgIpc) is 2.26. The van der Waals surface area contributed by atoms with Gasteiger partial charge in [-0.05, 0) is 48.9 Å². The van der Waals surface area contributed by atoms with Gasteiger partial charge in [-0.3, -0.25) is 4.79 Å². The van der Waals surface area contributed by atoms with E-state index in [2.05, 4.69) is 5.32 Å². The summed E-state index contributed by atoms with van der Waals surface area (Å²) in [6.45, 7) is 1.78. The number of primary amides is 1. The smallest absolute Gasteiger partial charge is 0.250 e. The highest BCUT2D eigenvalue weighted by Gasteiger charge is 2.09. The van der Waals surface area contributed by atoms with E-state index in [1.54, 1.807) is 25.1 Å². The number of hydrogen-bond acceptors (Lipinski definition) is 3. The van der Waals surface area contributed by atoms with Gasteiger partial charge in [-0.15, -0.1) is 0 Å². The number of halogens is 1. The van der Waals surface area contributed by atoms with Gasteiger partial charge in [0.15, 0.2) is 0 Å². The zero-order chi connectivity index (χ0) is 14.0. The number of nitrogens with one attached hydrogen (secondary N) is 1. The summed E-state index contributed by atoms with van der Waals surface area (Å²) in [6.07, 6.45) is 0. The van der Waals surface area contributed by atoms with Crippen LogP contribution >= 0.6 is 0 Å². The molecule has 0 atom stereocenters. The first kappa shape index (κ1) is 12.9. The maximum absolute atomic E-state index is 13.3. The molecule has 0 aliphatic carbocycles. The Morgan fingerprint density at radius 3 is 2.58 bits per heavy atom. The van der Waals surface area contributed by atoms with Gasteiger partial charge in [0.05, 0.1) is 11.3 Å². The van der Waals surface area contributed by atoms with Crippen LogP contribution in [0.5, 0.6) is 0 Å². The lowest BCUT2D eigenvalue weighted by molar-refractivity contribution is 0.100. The maximum Gasteiger partial charge on any atom is 0.250 e. The van der Waals surface area contributed by atoms with Crippen LogP contribution in [0.4, 0.5) is 21.5 Å². The third kappa shape index (κ3) is 3.01. The summed E-state index contributed by atoms with van der Waals surface area (Å²) in [5.41, 5.74) is 13.5. The van der Waals surface area contributed by atoms with Crippen molar-refractivity contribution in [3.63, 3.8) is 0 Å². The minimum atomic E-state index is -0.573. The average molecular weight is 259 g/mol. The zero-order valence-corrected chi connectivity index (χ0v) is 10.4. The van der Waals surface area contributed by atoms with E-state index in [0.29, 0.717) is 22.6 Å². The van der Waals surface area contributed by atoms with Gasteiger partial charge in [0.2, 0.25) is 0 Å². The van der Waals surface area contributed by atoms with Crippen LogP contribution in [0.15, 0.2) is 36.4 Å². The fourth-order valence-corrected chi connectivity index (χ4v) is 1.84. The summed E-state index contributed by atoms with van der Waals surface area (Å²) in [7, 11) is 0. The predicted octanol–water partition coefficient (Wildman–Crippen LogP) is 2.56. The van der Waals surface area contributed by atoms with Gasteiger partial charge >= 0.3 is 0 Å². The Kier molecular flexibility index (Phi) is 3.37. The highest BCUT2D eigenvalue weighted by Crippen LogP contribution is 2.24. The van der Waals surface area contributed by atoms with Crippen LogP contribution in [0.25, 0.3) is 0 Å². The molecule has 1 amide bonds. The van der Waals surface area contributed by atoms with Crippen molar-refractivity contribution < 1.29 is 9.18 Å². The first-order valence-corrected chi connectivity index (χ1v) is 5.69. The Hall–Kier alpha value is -2.56. The normalized spacial score (nSPS) is 10.2. The molecule has 2 aromatic carbocycles. The van der Waals surface area contributed by atoms with Crippen LogP contribution in [0.3, 0.4) is 0 Å². The van der Waals surface area contributed by atoms with Gasteiger partial charge in [-0.1, -0.05) is 0 Å². The monoisotopic (exact) mass is 259 g/mol. The van der Waals surface area contributed by atoms with Crippen molar-refractivity contribution >= 4 is 23.0 Å². The van der Waals surface area contributed by atoms with Crippen molar-refractivity contribution in [3.8, 4) is 0 Å². The molecule has 0 saturated carbocycles. The maximum atomic E-state index is 13.3. The number of aryl methyl sites for hydroxylation is 1. The van der Waals surface area contributed by atoms with Crippen LogP contribution in [0.2, 0.25) is 0 Å². The van der Waals surface area contributed by atoms with E-state index in [0.717, 1.165) is 5.56 Å². The first-order chi connectivity index (χ1) is 8.95. The topological polar surface area (TPSA) is 81.1 Å². The van der Waals surface area contributed by atoms with Crippen molar-refractivity contribution in [3.05, 3.63) is 53.3 Å². The molecule has 0 aromatic heterocycles. The van der Waals surface area contributed by atoms with E-state index in [1.165, 1.54) is 18.2 Å². The van der Waals surface area contributed by atoms with E-state index >= 15 is 0 Å². The second-order valence-electron chi connectivity index (χ2n) is 4.31. The summed E-state index contributed by atoms with van der Waals surface area (Å²) < 4.78 is 13.3. The standard InChI is InChI=1S/C14H14FN3O/c1-8-4-9(15)6-11(5-8)18-13-7-10(16)2-3-12(13)14(17)19/h2-7,18H,16H2,1H3,(H2,17,19). The molecule has 0 heterocycles. The lowest BCUT2D eigenvalue weighted by atomic mass is 10.1. The van der Waals surface area contributed by atoms with Crippen molar-refractivity contribution in [2.75, 3.05) is 11.1 Å². The van der Waals surface area contributed by atoms with E-state index in [1.807, 2.05) is 0 Å². The molecule has 0 spiro atoms. The summed E-state index contributed by atoms with van der Waals surface area (Å²) >= 11 is 0. The molecule has 0 saturated heterocycles. The number of rotatable bonds is 3. The summed E-state index contributed by atoms with van der Waals surface area (Å²) in [5.74, 6) is -0.928. The van der Waals surface area contributed by atoms with Gasteiger partial charge in [0.1, 0.15) is 5.82 Å². The fraction of sp³-hybridized carbons (Fsp3) is 0.0714. The Morgan fingerprint density at radius 2 is 1.95 bits per heavy atom. The molecule has 2 aromatic rings. The highest BCUT2D eigenvalue weighted by atomic mass is 19.1. The summed E-state index contributed by atoms with van der Waals surface area (Å²) in [5, 5.41) is 2.96. The molecule has 4 nitrogen and oxygen atoms in total. The molecule has 0 bridgehead atoms. The minimum Gasteiger partial charge on any atom is -0.399 e. The molecule has 98 valence electrons. The number of anilines is 3. The third-order valence-electron chi connectivity index (χ3n) is 2.63. The number of benzene rings is 2. The van der Waals surface area contributed by atoms with Gasteiger partial charge < -0.3 is 16.8 Å². The van der Waals surface area contributed by atoms with Gasteiger partial charge in [-0.2, -0.15) is 0 Å². The number of amides is 1. The molecule has 19 heavy (non-hydrogen) atoms. The molecule has 2 rings (SSSR count). The lowest BCUT2D eigenvalue weighted by Gasteiger charge is -2.11. The summed E-state index contributed by atoms with van der Waals surface area (Å²) in [4.78, 5) is 11.3. The van der Waals surface area contributed by atoms with E-state index in [9.17, 15) is 9.18 Å². The number of carbonyl (C=O) groups is 1. The Bertz CT molecular complexity index is 620. The second-order valence-corrected chi connectivity index (χ2v) is 4.31. The van der Waals surface area contributed by atoms with Crippen LogP contribution in [0.1, 0.15) is 15.9 Å². The van der Waals surface area contributed by atoms with E-state index < -0.39 is 5.91 Å². The number of nitrogens with two attached hydrogens (primary N) is 2. The van der Waals surface area contributed by atoms with Crippen LogP contribution in [-0.4, -0.2) is 5.91 Å². The highest BCUT2D eigenvalue weighted by molar-refractivity contribution is 5.99. The number of carbonyl (C=O) groups excluding carboxylic acids is 1. The molecule has 5 heteroatoms. The molecule has 0 aliphatic heterocycles. The Balaban J connectivity index is 2.42. The third-order valence-corrected chi connectivity index (χ3v) is 2.63. The Morgan fingerprint density at radius 1 is 1.21 bits per heavy atom. The van der Waals surface area contributed by atoms with Crippen LogP contribution in [0, 0.1) is 12.7 Å². The lowest BCUT2D eigenvalue weighted by Crippen LogP contribution is -2.13. The van der Waals surface area contributed by atoms with Gasteiger partial charge in [0, 0.05) is 11.4 Å². The molecule has 0 aliphatic rings. The molecular weight excluding hydrogens is 245 g/mol. The SMILES string of the molecule is Cc1cc(F)cc(Nc2cc(N)ccc2C(N)=O)c1. The van der Waals surface area contributed by atoms with Gasteiger partial charge in [-0.25, -0.2) is 4.39 Å². The minimum absolute atomic E-state index is 0.302.